The number of rotatable bonds is 0. The average molecular weight is 433 g/mol. The molecule has 7 aromatic rings. The van der Waals surface area contributed by atoms with Gasteiger partial charge in [0.2, 0.25) is 0 Å². The number of benzene rings is 7. The minimum Gasteiger partial charge on any atom is -0.0616 e. The Hall–Kier alpha value is -3.90. The Kier molecular flexibility index (Phi) is 3.71. The molecule has 0 bridgehead atoms. The van der Waals surface area contributed by atoms with Crippen molar-refractivity contribution < 1.29 is 0 Å². The van der Waals surface area contributed by atoms with Gasteiger partial charge in [-0.05, 0) is 114 Å². The van der Waals surface area contributed by atoms with Crippen molar-refractivity contribution in [2.45, 2.75) is 25.7 Å². The van der Waals surface area contributed by atoms with Crippen LogP contribution in [0.4, 0.5) is 0 Å². The van der Waals surface area contributed by atoms with Gasteiger partial charge in [0, 0.05) is 0 Å². The third kappa shape index (κ3) is 2.43. The Bertz CT molecular complexity index is 1950. The van der Waals surface area contributed by atoms with Gasteiger partial charge in [0.1, 0.15) is 0 Å². The van der Waals surface area contributed by atoms with E-state index in [2.05, 4.69) is 97.1 Å². The molecule has 160 valence electrons. The van der Waals surface area contributed by atoms with E-state index in [0.717, 1.165) is 0 Å². The maximum absolute atomic E-state index is 2.48. The van der Waals surface area contributed by atoms with E-state index >= 15 is 0 Å². The zero-order chi connectivity index (χ0) is 22.2. The first-order valence-electron chi connectivity index (χ1n) is 12.5. The van der Waals surface area contributed by atoms with E-state index in [-0.39, 0.29) is 0 Å². The molecule has 8 rings (SSSR count). The highest BCUT2D eigenvalue weighted by Crippen LogP contribution is 2.44. The summed E-state index contributed by atoms with van der Waals surface area (Å²) in [5.41, 5.74) is 3.11. The van der Waals surface area contributed by atoms with Crippen LogP contribution in [0.1, 0.15) is 24.0 Å². The van der Waals surface area contributed by atoms with Crippen molar-refractivity contribution >= 4 is 64.6 Å². The van der Waals surface area contributed by atoms with Gasteiger partial charge in [0.15, 0.2) is 0 Å². The van der Waals surface area contributed by atoms with Crippen LogP contribution in [-0.2, 0) is 12.8 Å². The molecule has 0 amide bonds. The van der Waals surface area contributed by atoms with Crippen LogP contribution in [0.25, 0.3) is 64.6 Å². The molecule has 0 heterocycles. The summed E-state index contributed by atoms with van der Waals surface area (Å²) in [4.78, 5) is 0. The van der Waals surface area contributed by atoms with E-state index < -0.39 is 0 Å². The Morgan fingerprint density at radius 3 is 1.24 bits per heavy atom. The predicted molar refractivity (Wildman–Crippen MR) is 148 cm³/mol. The van der Waals surface area contributed by atoms with E-state index in [0.29, 0.717) is 0 Å². The zero-order valence-corrected chi connectivity index (χ0v) is 19.1. The van der Waals surface area contributed by atoms with Crippen LogP contribution in [0.2, 0.25) is 0 Å². The molecule has 1 aliphatic carbocycles. The summed E-state index contributed by atoms with van der Waals surface area (Å²) >= 11 is 0. The van der Waals surface area contributed by atoms with Gasteiger partial charge in [0.25, 0.3) is 0 Å². The second-order valence-electron chi connectivity index (χ2n) is 9.96. The lowest BCUT2D eigenvalue weighted by atomic mass is 9.85. The number of hydrogen-bond acceptors (Lipinski definition) is 0. The molecule has 0 aliphatic heterocycles. The molecule has 0 unspecified atom stereocenters. The molecule has 0 N–H and O–H groups in total. The fourth-order valence-corrected chi connectivity index (χ4v) is 6.61. The van der Waals surface area contributed by atoms with Crippen LogP contribution in [0.3, 0.4) is 0 Å². The first kappa shape index (κ1) is 18.5. The summed E-state index contributed by atoms with van der Waals surface area (Å²) in [7, 11) is 0. The van der Waals surface area contributed by atoms with Crippen LogP contribution < -0.4 is 0 Å². The van der Waals surface area contributed by atoms with Crippen molar-refractivity contribution in [3.63, 3.8) is 0 Å². The molecule has 0 radical (unpaired) electrons. The molecule has 7 aromatic carbocycles. The van der Waals surface area contributed by atoms with Crippen molar-refractivity contribution in [1.82, 2.24) is 0 Å². The Balaban J connectivity index is 1.70. The third-order valence-electron chi connectivity index (χ3n) is 8.13. The highest BCUT2D eigenvalue weighted by molar-refractivity contribution is 6.40. The first-order valence-corrected chi connectivity index (χ1v) is 12.5. The first-order chi connectivity index (χ1) is 16.9. The van der Waals surface area contributed by atoms with Crippen molar-refractivity contribution in [3.05, 3.63) is 108 Å². The summed E-state index contributed by atoms with van der Waals surface area (Å²) in [5, 5.41) is 16.4. The van der Waals surface area contributed by atoms with Gasteiger partial charge in [-0.3, -0.25) is 0 Å². The highest BCUT2D eigenvalue weighted by Gasteiger charge is 2.17. The second-order valence-corrected chi connectivity index (χ2v) is 9.96. The monoisotopic (exact) mass is 432 g/mol. The smallest absolute Gasteiger partial charge is 0.00137 e. The summed E-state index contributed by atoms with van der Waals surface area (Å²) in [6, 6.07) is 36.8. The molecule has 0 heteroatoms. The molecule has 0 aromatic heterocycles. The summed E-state index contributed by atoms with van der Waals surface area (Å²) < 4.78 is 0. The highest BCUT2D eigenvalue weighted by atomic mass is 14.2. The molecule has 0 fully saturated rings. The largest absolute Gasteiger partial charge is 0.0616 e. The number of fused-ring (bicyclic) bond motifs is 13. The molecule has 0 nitrogen and oxygen atoms in total. The van der Waals surface area contributed by atoms with Crippen LogP contribution in [0.15, 0.2) is 97.1 Å². The average Bonchev–Trinajstić information content (AvgIpc) is 2.90. The van der Waals surface area contributed by atoms with E-state index in [1.54, 1.807) is 11.1 Å². The maximum atomic E-state index is 2.48. The van der Waals surface area contributed by atoms with Gasteiger partial charge in [-0.15, -0.1) is 0 Å². The Morgan fingerprint density at radius 2 is 0.735 bits per heavy atom. The van der Waals surface area contributed by atoms with Crippen molar-refractivity contribution in [2.24, 2.45) is 0 Å². The van der Waals surface area contributed by atoms with Crippen LogP contribution in [-0.4, -0.2) is 0 Å². The van der Waals surface area contributed by atoms with Gasteiger partial charge >= 0.3 is 0 Å². The fourth-order valence-electron chi connectivity index (χ4n) is 6.61. The SMILES string of the molecule is c1ccc2c(c1)c1ccccc1c1c3cc4cc5c(cc4cc3c3ccccc3c21)CCCC5. The standard InChI is InChI=1S/C34H24/c1-2-10-22-18-24-20-32-31(19-23(24)17-21(22)9-1)27-13-5-8-16-30(27)33-28-14-6-3-11-25(28)26-12-4-7-15-29(26)34(32)33/h3-8,11-20H,1-2,9-10H2. The van der Waals surface area contributed by atoms with Crippen molar-refractivity contribution in [1.29, 1.82) is 0 Å². The lowest BCUT2D eigenvalue weighted by Gasteiger charge is -2.19. The quantitative estimate of drug-likeness (QED) is 0.165. The number of aryl methyl sites for hydroxylation is 2. The molecule has 0 saturated heterocycles. The van der Waals surface area contributed by atoms with E-state index in [1.807, 2.05) is 0 Å². The van der Waals surface area contributed by atoms with Gasteiger partial charge in [0.05, 0.1) is 0 Å². The third-order valence-corrected chi connectivity index (χ3v) is 8.13. The summed E-state index contributed by atoms with van der Waals surface area (Å²) in [5.74, 6) is 0. The molecule has 1 aliphatic rings. The molecular formula is C34H24. The van der Waals surface area contributed by atoms with Gasteiger partial charge in [-0.25, -0.2) is 0 Å². The second kappa shape index (κ2) is 6.81. The van der Waals surface area contributed by atoms with E-state index in [9.17, 15) is 0 Å². The Morgan fingerprint density at radius 1 is 0.353 bits per heavy atom. The zero-order valence-electron chi connectivity index (χ0n) is 19.1. The predicted octanol–water partition coefficient (Wildman–Crippen LogP) is 9.48. The van der Waals surface area contributed by atoms with Crippen LogP contribution in [0.5, 0.6) is 0 Å². The van der Waals surface area contributed by atoms with Crippen LogP contribution >= 0.6 is 0 Å². The Labute approximate surface area is 198 Å². The fraction of sp³-hybridized carbons (Fsp3) is 0.118. The normalized spacial score (nSPS) is 14.0. The minimum atomic E-state index is 1.22. The molecular weight excluding hydrogens is 408 g/mol. The molecule has 0 spiro atoms. The van der Waals surface area contributed by atoms with E-state index in [4.69, 9.17) is 0 Å². The summed E-state index contributed by atoms with van der Waals surface area (Å²) in [6.07, 6.45) is 5.07. The molecule has 34 heavy (non-hydrogen) atoms. The van der Waals surface area contributed by atoms with E-state index in [1.165, 1.54) is 90.3 Å². The van der Waals surface area contributed by atoms with Crippen LogP contribution in [0, 0.1) is 0 Å². The maximum Gasteiger partial charge on any atom is -0.00137 e. The van der Waals surface area contributed by atoms with Gasteiger partial charge < -0.3 is 0 Å². The van der Waals surface area contributed by atoms with Gasteiger partial charge in [-0.1, -0.05) is 84.9 Å². The number of hydrogen-bond donors (Lipinski definition) is 0. The lowest BCUT2D eigenvalue weighted by Crippen LogP contribution is -2.02. The minimum absolute atomic E-state index is 1.22. The molecule has 0 atom stereocenters. The van der Waals surface area contributed by atoms with Gasteiger partial charge in [-0.2, -0.15) is 0 Å². The molecule has 0 saturated carbocycles. The summed E-state index contributed by atoms with van der Waals surface area (Å²) in [6.45, 7) is 0. The van der Waals surface area contributed by atoms with Crippen molar-refractivity contribution in [3.8, 4) is 0 Å². The lowest BCUT2D eigenvalue weighted by molar-refractivity contribution is 0.687. The van der Waals surface area contributed by atoms with Crippen molar-refractivity contribution in [2.75, 3.05) is 0 Å². The topological polar surface area (TPSA) is 0 Å².